The van der Waals surface area contributed by atoms with Crippen LogP contribution in [0.2, 0.25) is 0 Å². The summed E-state index contributed by atoms with van der Waals surface area (Å²) >= 11 is 0. The minimum atomic E-state index is -3.29. The highest BCUT2D eigenvalue weighted by Gasteiger charge is 2.14. The monoisotopic (exact) mass is 280 g/mol. The van der Waals surface area contributed by atoms with Crippen molar-refractivity contribution in [2.45, 2.75) is 18.4 Å². The van der Waals surface area contributed by atoms with E-state index in [0.29, 0.717) is 12.4 Å². The fourth-order valence-electron chi connectivity index (χ4n) is 1.82. The summed E-state index contributed by atoms with van der Waals surface area (Å²) in [7, 11) is -1.44. The van der Waals surface area contributed by atoms with Gasteiger partial charge in [0, 0.05) is 37.8 Å². The van der Waals surface area contributed by atoms with Gasteiger partial charge in [-0.3, -0.25) is 4.68 Å². The quantitative estimate of drug-likeness (QED) is 0.908. The lowest BCUT2D eigenvalue weighted by Gasteiger charge is -2.08. The standard InChI is InChI=1S/C12H16N4O2S/c1-9-10(8-16(2)15-9)7-14-12-11(19(3,17)18)5-4-6-13-12/h4-6,8H,7H2,1-3H3,(H,13,14). The minimum absolute atomic E-state index is 0.205. The summed E-state index contributed by atoms with van der Waals surface area (Å²) in [5.41, 5.74) is 1.92. The molecule has 2 aromatic heterocycles. The molecule has 0 aliphatic rings. The molecular formula is C12H16N4O2S. The van der Waals surface area contributed by atoms with Crippen molar-refractivity contribution in [3.05, 3.63) is 35.8 Å². The van der Waals surface area contributed by atoms with Gasteiger partial charge in [-0.05, 0) is 19.1 Å². The van der Waals surface area contributed by atoms with Crippen LogP contribution >= 0.6 is 0 Å². The van der Waals surface area contributed by atoms with E-state index in [1.165, 1.54) is 6.26 Å². The fourth-order valence-corrected chi connectivity index (χ4v) is 2.63. The van der Waals surface area contributed by atoms with E-state index in [1.807, 2.05) is 20.2 Å². The molecule has 0 spiro atoms. The zero-order valence-electron chi connectivity index (χ0n) is 11.1. The molecule has 2 aromatic rings. The molecule has 0 bridgehead atoms. The average Bonchev–Trinajstić information content (AvgIpc) is 2.64. The highest BCUT2D eigenvalue weighted by molar-refractivity contribution is 7.90. The van der Waals surface area contributed by atoms with E-state index >= 15 is 0 Å². The van der Waals surface area contributed by atoms with Crippen molar-refractivity contribution in [2.24, 2.45) is 7.05 Å². The maximum Gasteiger partial charge on any atom is 0.179 e. The first kappa shape index (κ1) is 13.5. The molecule has 0 aliphatic heterocycles. The summed E-state index contributed by atoms with van der Waals surface area (Å²) in [6.45, 7) is 2.39. The Hall–Kier alpha value is -1.89. The first-order valence-electron chi connectivity index (χ1n) is 5.76. The van der Waals surface area contributed by atoms with Crippen LogP contribution in [-0.4, -0.2) is 29.4 Å². The lowest BCUT2D eigenvalue weighted by molar-refractivity contribution is 0.601. The van der Waals surface area contributed by atoms with E-state index < -0.39 is 9.84 Å². The third-order valence-electron chi connectivity index (χ3n) is 2.73. The van der Waals surface area contributed by atoms with Crippen molar-refractivity contribution < 1.29 is 8.42 Å². The lowest BCUT2D eigenvalue weighted by Crippen LogP contribution is -2.08. The van der Waals surface area contributed by atoms with Crippen molar-refractivity contribution in [1.82, 2.24) is 14.8 Å². The zero-order valence-corrected chi connectivity index (χ0v) is 11.9. The molecule has 2 rings (SSSR count). The number of aryl methyl sites for hydroxylation is 2. The number of nitrogens with zero attached hydrogens (tertiary/aromatic N) is 3. The molecule has 0 aliphatic carbocycles. The Morgan fingerprint density at radius 2 is 2.16 bits per heavy atom. The van der Waals surface area contributed by atoms with E-state index in [0.717, 1.165) is 11.3 Å². The molecule has 0 saturated heterocycles. The lowest BCUT2D eigenvalue weighted by atomic mass is 10.2. The highest BCUT2D eigenvalue weighted by Crippen LogP contribution is 2.18. The molecule has 102 valence electrons. The van der Waals surface area contributed by atoms with E-state index in [4.69, 9.17) is 0 Å². The Morgan fingerprint density at radius 1 is 1.42 bits per heavy atom. The van der Waals surface area contributed by atoms with E-state index in [9.17, 15) is 8.42 Å². The van der Waals surface area contributed by atoms with Crippen molar-refractivity contribution >= 4 is 15.7 Å². The molecular weight excluding hydrogens is 264 g/mol. The molecule has 0 radical (unpaired) electrons. The number of nitrogens with one attached hydrogen (secondary N) is 1. The van der Waals surface area contributed by atoms with Crippen LogP contribution in [0.1, 0.15) is 11.3 Å². The van der Waals surface area contributed by atoms with Crippen molar-refractivity contribution in [3.63, 3.8) is 0 Å². The zero-order chi connectivity index (χ0) is 14.0. The van der Waals surface area contributed by atoms with Gasteiger partial charge in [-0.2, -0.15) is 5.10 Å². The molecule has 0 unspecified atom stereocenters. The Balaban J connectivity index is 2.23. The fraction of sp³-hybridized carbons (Fsp3) is 0.333. The summed E-state index contributed by atoms with van der Waals surface area (Å²) < 4.78 is 25.0. The van der Waals surface area contributed by atoms with Gasteiger partial charge in [-0.15, -0.1) is 0 Å². The number of hydrogen-bond acceptors (Lipinski definition) is 5. The molecule has 0 atom stereocenters. The van der Waals surface area contributed by atoms with Gasteiger partial charge >= 0.3 is 0 Å². The Bertz CT molecular complexity index is 692. The van der Waals surface area contributed by atoms with Crippen LogP contribution in [0.15, 0.2) is 29.4 Å². The van der Waals surface area contributed by atoms with E-state index in [-0.39, 0.29) is 4.90 Å². The third-order valence-corrected chi connectivity index (χ3v) is 3.86. The largest absolute Gasteiger partial charge is 0.365 e. The number of anilines is 1. The second-order valence-electron chi connectivity index (χ2n) is 4.39. The molecule has 1 N–H and O–H groups in total. The first-order chi connectivity index (χ1) is 8.88. The Labute approximate surface area is 112 Å². The highest BCUT2D eigenvalue weighted by atomic mass is 32.2. The Morgan fingerprint density at radius 3 is 2.74 bits per heavy atom. The van der Waals surface area contributed by atoms with E-state index in [1.54, 1.807) is 23.0 Å². The summed E-state index contributed by atoms with van der Waals surface area (Å²) in [6.07, 6.45) is 4.63. The number of aromatic nitrogens is 3. The third kappa shape index (κ3) is 3.11. The van der Waals surface area contributed by atoms with Crippen LogP contribution in [0.3, 0.4) is 0 Å². The second-order valence-corrected chi connectivity index (χ2v) is 6.37. The van der Waals surface area contributed by atoms with Crippen LogP contribution in [0.4, 0.5) is 5.82 Å². The number of sulfone groups is 1. The van der Waals surface area contributed by atoms with Gasteiger partial charge in [0.15, 0.2) is 9.84 Å². The Kier molecular flexibility index (Phi) is 3.57. The molecule has 0 fully saturated rings. The smallest absolute Gasteiger partial charge is 0.179 e. The molecule has 0 saturated carbocycles. The average molecular weight is 280 g/mol. The van der Waals surface area contributed by atoms with Crippen LogP contribution < -0.4 is 5.32 Å². The van der Waals surface area contributed by atoms with Gasteiger partial charge in [-0.25, -0.2) is 13.4 Å². The topological polar surface area (TPSA) is 76.9 Å². The maximum atomic E-state index is 11.6. The van der Waals surface area contributed by atoms with Crippen molar-refractivity contribution in [3.8, 4) is 0 Å². The number of rotatable bonds is 4. The second kappa shape index (κ2) is 5.00. The number of hydrogen-bond donors (Lipinski definition) is 1. The van der Waals surface area contributed by atoms with Gasteiger partial charge in [-0.1, -0.05) is 0 Å². The van der Waals surface area contributed by atoms with E-state index in [2.05, 4.69) is 15.4 Å². The van der Waals surface area contributed by atoms with Crippen molar-refractivity contribution in [2.75, 3.05) is 11.6 Å². The molecule has 2 heterocycles. The molecule has 19 heavy (non-hydrogen) atoms. The predicted octanol–water partition coefficient (Wildman–Crippen LogP) is 1.14. The summed E-state index contributed by atoms with van der Waals surface area (Å²) in [5, 5.41) is 7.28. The molecule has 6 nitrogen and oxygen atoms in total. The predicted molar refractivity (Wildman–Crippen MR) is 72.6 cm³/mol. The minimum Gasteiger partial charge on any atom is -0.365 e. The normalized spacial score (nSPS) is 11.5. The van der Waals surface area contributed by atoms with Gasteiger partial charge in [0.1, 0.15) is 10.7 Å². The molecule has 7 heteroatoms. The molecule has 0 aromatic carbocycles. The van der Waals surface area contributed by atoms with Crippen LogP contribution in [0.5, 0.6) is 0 Å². The van der Waals surface area contributed by atoms with Crippen LogP contribution in [0, 0.1) is 6.92 Å². The van der Waals surface area contributed by atoms with Crippen molar-refractivity contribution in [1.29, 1.82) is 0 Å². The van der Waals surface area contributed by atoms with Crippen LogP contribution in [-0.2, 0) is 23.4 Å². The number of pyridine rings is 1. The molecule has 0 amide bonds. The van der Waals surface area contributed by atoms with Gasteiger partial charge in [0.05, 0.1) is 5.69 Å². The summed E-state index contributed by atoms with van der Waals surface area (Å²) in [5.74, 6) is 0.369. The maximum absolute atomic E-state index is 11.6. The summed E-state index contributed by atoms with van der Waals surface area (Å²) in [4.78, 5) is 4.28. The van der Waals surface area contributed by atoms with Crippen LogP contribution in [0.25, 0.3) is 0 Å². The van der Waals surface area contributed by atoms with Gasteiger partial charge in [0.2, 0.25) is 0 Å². The van der Waals surface area contributed by atoms with Gasteiger partial charge < -0.3 is 5.32 Å². The summed E-state index contributed by atoms with van der Waals surface area (Å²) in [6, 6.07) is 3.15. The van der Waals surface area contributed by atoms with Gasteiger partial charge in [0.25, 0.3) is 0 Å². The SMILES string of the molecule is Cc1nn(C)cc1CNc1ncccc1S(C)(=O)=O. The first-order valence-corrected chi connectivity index (χ1v) is 7.65.